The van der Waals surface area contributed by atoms with Gasteiger partial charge in [-0.1, -0.05) is 49.9 Å². The zero-order valence-electron chi connectivity index (χ0n) is 23.1. The molecule has 2 aromatic carbocycles. The van der Waals surface area contributed by atoms with Crippen LogP contribution in [0.4, 0.5) is 5.69 Å². The van der Waals surface area contributed by atoms with Gasteiger partial charge in [-0.25, -0.2) is 8.42 Å². The van der Waals surface area contributed by atoms with E-state index in [4.69, 9.17) is 21.1 Å². The van der Waals surface area contributed by atoms with E-state index in [2.05, 4.69) is 5.32 Å². The molecule has 1 aliphatic heterocycles. The number of sulfonamides is 1. The second-order valence-corrected chi connectivity index (χ2v) is 12.7. The largest absolute Gasteiger partial charge is 0.454 e. The van der Waals surface area contributed by atoms with E-state index >= 15 is 0 Å². The predicted octanol–water partition coefficient (Wildman–Crippen LogP) is 4.87. The molecule has 9 nitrogen and oxygen atoms in total. The molecular weight excluding hydrogens is 554 g/mol. The third-order valence-corrected chi connectivity index (χ3v) is 8.85. The van der Waals surface area contributed by atoms with Gasteiger partial charge in [-0.2, -0.15) is 0 Å². The number of benzene rings is 2. The van der Waals surface area contributed by atoms with Gasteiger partial charge in [-0.05, 0) is 55.5 Å². The van der Waals surface area contributed by atoms with Gasteiger partial charge in [-0.15, -0.1) is 0 Å². The first kappa shape index (κ1) is 30.0. The summed E-state index contributed by atoms with van der Waals surface area (Å²) in [4.78, 5) is 28.7. The van der Waals surface area contributed by atoms with Crippen molar-refractivity contribution in [2.75, 3.05) is 23.9 Å². The number of nitrogens with one attached hydrogen (secondary N) is 1. The topological polar surface area (TPSA) is 105 Å². The summed E-state index contributed by atoms with van der Waals surface area (Å²) in [7, 11) is -3.62. The van der Waals surface area contributed by atoms with Crippen LogP contribution in [-0.4, -0.2) is 56.8 Å². The van der Waals surface area contributed by atoms with Gasteiger partial charge in [0.15, 0.2) is 11.5 Å². The average Bonchev–Trinajstić information content (AvgIpc) is 3.40. The molecule has 1 atom stereocenters. The highest BCUT2D eigenvalue weighted by Gasteiger charge is 2.30. The van der Waals surface area contributed by atoms with Crippen molar-refractivity contribution in [2.24, 2.45) is 0 Å². The van der Waals surface area contributed by atoms with E-state index < -0.39 is 16.1 Å². The minimum absolute atomic E-state index is 0.0807. The maximum atomic E-state index is 13.6. The van der Waals surface area contributed by atoms with E-state index in [9.17, 15) is 18.0 Å². The molecule has 1 saturated carbocycles. The van der Waals surface area contributed by atoms with Crippen LogP contribution in [0, 0.1) is 0 Å². The molecule has 2 amide bonds. The summed E-state index contributed by atoms with van der Waals surface area (Å²) in [6.45, 7) is 2.34. The minimum Gasteiger partial charge on any atom is -0.454 e. The lowest BCUT2D eigenvalue weighted by molar-refractivity contribution is -0.141. The molecule has 40 heavy (non-hydrogen) atoms. The Labute approximate surface area is 241 Å². The second-order valence-electron chi connectivity index (χ2n) is 10.4. The van der Waals surface area contributed by atoms with Crippen LogP contribution in [0.1, 0.15) is 63.9 Å². The average molecular weight is 592 g/mol. The summed E-state index contributed by atoms with van der Waals surface area (Å²) in [5.41, 5.74) is 1.30. The lowest BCUT2D eigenvalue weighted by Gasteiger charge is -2.33. The lowest BCUT2D eigenvalue weighted by atomic mass is 9.95. The molecule has 0 bridgehead atoms. The van der Waals surface area contributed by atoms with Crippen molar-refractivity contribution in [3.8, 4) is 11.5 Å². The third kappa shape index (κ3) is 7.81. The molecule has 1 N–H and O–H groups in total. The minimum atomic E-state index is -3.62. The third-order valence-electron chi connectivity index (χ3n) is 7.40. The van der Waals surface area contributed by atoms with Crippen molar-refractivity contribution in [1.29, 1.82) is 0 Å². The van der Waals surface area contributed by atoms with Gasteiger partial charge < -0.3 is 19.7 Å². The molecule has 1 aliphatic carbocycles. The van der Waals surface area contributed by atoms with Gasteiger partial charge in [0.2, 0.25) is 28.6 Å². The highest BCUT2D eigenvalue weighted by molar-refractivity contribution is 7.92. The summed E-state index contributed by atoms with van der Waals surface area (Å²) < 4.78 is 37.3. The van der Waals surface area contributed by atoms with E-state index in [-0.39, 0.29) is 50.6 Å². The molecule has 0 saturated heterocycles. The normalized spacial score (nSPS) is 15.9. The number of nitrogens with zero attached hydrogens (tertiary/aromatic N) is 2. The molecule has 2 aliphatic rings. The summed E-state index contributed by atoms with van der Waals surface area (Å²) in [5, 5.41) is 3.76. The molecule has 0 spiro atoms. The predicted molar refractivity (Wildman–Crippen MR) is 155 cm³/mol. The quantitative estimate of drug-likeness (QED) is 0.377. The van der Waals surface area contributed by atoms with Crippen molar-refractivity contribution < 1.29 is 27.5 Å². The van der Waals surface area contributed by atoms with Crippen molar-refractivity contribution in [3.63, 3.8) is 0 Å². The van der Waals surface area contributed by atoms with Crippen LogP contribution >= 0.6 is 11.6 Å². The van der Waals surface area contributed by atoms with Gasteiger partial charge in [-0.3, -0.25) is 13.9 Å². The van der Waals surface area contributed by atoms with E-state index in [1.165, 1.54) is 10.7 Å². The highest BCUT2D eigenvalue weighted by atomic mass is 35.5. The summed E-state index contributed by atoms with van der Waals surface area (Å²) in [6, 6.07) is 11.7. The number of carbonyl (C=O) groups is 2. The first-order chi connectivity index (χ1) is 19.2. The number of hydrogen-bond donors (Lipinski definition) is 1. The van der Waals surface area contributed by atoms with Gasteiger partial charge in [0, 0.05) is 36.6 Å². The Kier molecular flexibility index (Phi) is 10.2. The molecule has 2 aromatic rings. The van der Waals surface area contributed by atoms with Crippen LogP contribution in [0.5, 0.6) is 11.5 Å². The fourth-order valence-corrected chi connectivity index (χ4v) is 6.38. The Morgan fingerprint density at radius 2 is 1.75 bits per heavy atom. The maximum Gasteiger partial charge on any atom is 0.243 e. The van der Waals surface area contributed by atoms with Crippen LogP contribution in [0.25, 0.3) is 0 Å². The maximum absolute atomic E-state index is 13.6. The van der Waals surface area contributed by atoms with Crippen molar-refractivity contribution in [2.45, 2.75) is 76.9 Å². The van der Waals surface area contributed by atoms with Crippen LogP contribution in [0.15, 0.2) is 42.5 Å². The monoisotopic (exact) mass is 591 g/mol. The first-order valence-electron chi connectivity index (χ1n) is 13.9. The Morgan fingerprint density at radius 3 is 2.42 bits per heavy atom. The molecule has 0 radical (unpaired) electrons. The van der Waals surface area contributed by atoms with E-state index in [0.29, 0.717) is 28.6 Å². The number of anilines is 1. The van der Waals surface area contributed by atoms with E-state index in [1.807, 2.05) is 19.1 Å². The Hall–Kier alpha value is -2.98. The van der Waals surface area contributed by atoms with Gasteiger partial charge in [0.25, 0.3) is 0 Å². The molecule has 4 rings (SSSR count). The molecule has 218 valence electrons. The molecule has 1 fully saturated rings. The van der Waals surface area contributed by atoms with Crippen LogP contribution in [0.3, 0.4) is 0 Å². The summed E-state index contributed by atoms with van der Waals surface area (Å²) >= 11 is 6.06. The lowest BCUT2D eigenvalue weighted by Crippen LogP contribution is -2.51. The summed E-state index contributed by atoms with van der Waals surface area (Å²) in [5.74, 6) is 0.683. The first-order valence-corrected chi connectivity index (χ1v) is 16.1. The molecule has 11 heteroatoms. The Morgan fingerprint density at radius 1 is 1.05 bits per heavy atom. The Balaban J connectivity index is 1.47. The molecule has 1 heterocycles. The van der Waals surface area contributed by atoms with Gasteiger partial charge >= 0.3 is 0 Å². The molecule has 0 aromatic heterocycles. The zero-order valence-corrected chi connectivity index (χ0v) is 24.7. The standard InChI is InChI=1S/C29H38ClN3O6S/c1-3-25(29(35)31-23-8-5-4-6-9-23)32(19-21-11-13-22(30)14-12-21)28(34)10-7-17-33(40(2,36)37)24-15-16-26-27(18-24)39-20-38-26/h11-16,18,23,25H,3-10,17,19-20H2,1-2H3,(H,31,35). The zero-order chi connectivity index (χ0) is 28.7. The number of rotatable bonds is 12. The molecular formula is C29H38ClN3O6S. The Bertz CT molecular complexity index is 1280. The number of fused-ring (bicyclic) bond motifs is 1. The number of amides is 2. The van der Waals surface area contributed by atoms with Crippen LogP contribution < -0.4 is 19.1 Å². The highest BCUT2D eigenvalue weighted by Crippen LogP contribution is 2.36. The van der Waals surface area contributed by atoms with Crippen LogP contribution in [-0.2, 0) is 26.2 Å². The second kappa shape index (κ2) is 13.6. The number of halogens is 1. The van der Waals surface area contributed by atoms with Gasteiger partial charge in [0.05, 0.1) is 11.9 Å². The van der Waals surface area contributed by atoms with Crippen LogP contribution in [0.2, 0.25) is 5.02 Å². The molecule has 1 unspecified atom stereocenters. The number of carbonyl (C=O) groups excluding carboxylic acids is 2. The number of hydrogen-bond acceptors (Lipinski definition) is 6. The van der Waals surface area contributed by atoms with Crippen molar-refractivity contribution in [1.82, 2.24) is 10.2 Å². The van der Waals surface area contributed by atoms with E-state index in [0.717, 1.165) is 37.5 Å². The fourth-order valence-electron chi connectivity index (χ4n) is 5.29. The van der Waals surface area contributed by atoms with Crippen molar-refractivity contribution >= 4 is 39.1 Å². The van der Waals surface area contributed by atoms with Gasteiger partial charge in [0.1, 0.15) is 6.04 Å². The summed E-state index contributed by atoms with van der Waals surface area (Å²) in [6.07, 6.45) is 7.23. The smallest absolute Gasteiger partial charge is 0.243 e. The van der Waals surface area contributed by atoms with Crippen molar-refractivity contribution in [3.05, 3.63) is 53.1 Å². The fraction of sp³-hybridized carbons (Fsp3) is 0.517. The van der Waals surface area contributed by atoms with E-state index in [1.54, 1.807) is 35.2 Å². The SMILES string of the molecule is CCC(C(=O)NC1CCCCC1)N(Cc1ccc(Cl)cc1)C(=O)CCCN(c1ccc2c(c1)OCO2)S(C)(=O)=O. The number of ether oxygens (including phenoxy) is 2.